The van der Waals surface area contributed by atoms with Crippen LogP contribution < -0.4 is 0 Å². The topological polar surface area (TPSA) is 69.2 Å². The maximum Gasteiger partial charge on any atom is 0.222 e. The Hall–Kier alpha value is -2.66. The van der Waals surface area contributed by atoms with Crippen LogP contribution in [0.25, 0.3) is 10.9 Å². The number of likely N-dealkylation sites (tertiary alicyclic amines) is 1. The third-order valence-corrected chi connectivity index (χ3v) is 5.52. The summed E-state index contributed by atoms with van der Waals surface area (Å²) >= 11 is 0. The first-order chi connectivity index (χ1) is 13.2. The van der Waals surface area contributed by atoms with Crippen molar-refractivity contribution in [3.63, 3.8) is 0 Å². The molecule has 2 N–H and O–H groups in total. The smallest absolute Gasteiger partial charge is 0.222 e. The van der Waals surface area contributed by atoms with Gasteiger partial charge in [0.25, 0.3) is 0 Å². The van der Waals surface area contributed by atoms with E-state index < -0.39 is 6.10 Å². The lowest BCUT2D eigenvalue weighted by molar-refractivity contribution is -0.130. The van der Waals surface area contributed by atoms with E-state index in [9.17, 15) is 9.90 Å². The van der Waals surface area contributed by atoms with Crippen molar-refractivity contribution in [3.05, 3.63) is 66.1 Å². The number of hydrogen-bond acceptors (Lipinski definition) is 3. The van der Waals surface area contributed by atoms with Crippen LogP contribution in [0.2, 0.25) is 0 Å². The molecule has 0 aliphatic carbocycles. The highest BCUT2D eigenvalue weighted by Gasteiger charge is 2.33. The fourth-order valence-electron chi connectivity index (χ4n) is 4.01. The van der Waals surface area contributed by atoms with E-state index in [1.54, 1.807) is 12.4 Å². The summed E-state index contributed by atoms with van der Waals surface area (Å²) in [5, 5.41) is 11.6. The molecule has 1 aliphatic rings. The van der Waals surface area contributed by atoms with Gasteiger partial charge in [-0.3, -0.25) is 9.78 Å². The summed E-state index contributed by atoms with van der Waals surface area (Å²) in [6, 6.07) is 12.2. The maximum absolute atomic E-state index is 12.6. The van der Waals surface area contributed by atoms with Crippen LogP contribution in [0, 0.1) is 5.92 Å². The van der Waals surface area contributed by atoms with Gasteiger partial charge in [-0.15, -0.1) is 0 Å². The number of aromatic nitrogens is 2. The van der Waals surface area contributed by atoms with Crippen LogP contribution in [-0.2, 0) is 17.6 Å². The predicted molar refractivity (Wildman–Crippen MR) is 105 cm³/mol. The largest absolute Gasteiger partial charge is 0.391 e. The predicted octanol–water partition coefficient (Wildman–Crippen LogP) is 2.95. The molecule has 3 aromatic rings. The molecular weight excluding hydrogens is 338 g/mol. The van der Waals surface area contributed by atoms with Gasteiger partial charge in [-0.2, -0.15) is 0 Å². The average molecular weight is 363 g/mol. The van der Waals surface area contributed by atoms with Gasteiger partial charge in [0, 0.05) is 54.9 Å². The number of H-pyrrole nitrogens is 1. The lowest BCUT2D eigenvalue weighted by Gasteiger charge is -2.16. The van der Waals surface area contributed by atoms with E-state index in [1.165, 1.54) is 10.9 Å². The van der Waals surface area contributed by atoms with Gasteiger partial charge in [0.1, 0.15) is 0 Å². The standard InChI is InChI=1S/C22H25N3O2/c26-21-15-25(14-18(21)12-16-8-10-23-11-9-16)22(27)7-3-4-17-13-24-20-6-2-1-5-19(17)20/h1-2,5-6,8-11,13,18,21,24,26H,3-4,7,12,14-15H2/t18-,21-/m1/s1. The van der Waals surface area contributed by atoms with E-state index >= 15 is 0 Å². The molecule has 5 nitrogen and oxygen atoms in total. The zero-order valence-electron chi connectivity index (χ0n) is 15.3. The second-order valence-corrected chi connectivity index (χ2v) is 7.40. The minimum atomic E-state index is -0.448. The molecule has 140 valence electrons. The number of carbonyl (C=O) groups excluding carboxylic acids is 1. The maximum atomic E-state index is 12.6. The quantitative estimate of drug-likeness (QED) is 0.707. The van der Waals surface area contributed by atoms with E-state index in [0.29, 0.717) is 19.5 Å². The van der Waals surface area contributed by atoms with Crippen molar-refractivity contribution >= 4 is 16.8 Å². The van der Waals surface area contributed by atoms with E-state index in [-0.39, 0.29) is 11.8 Å². The second-order valence-electron chi connectivity index (χ2n) is 7.40. The van der Waals surface area contributed by atoms with Crippen molar-refractivity contribution in [2.75, 3.05) is 13.1 Å². The van der Waals surface area contributed by atoms with Crippen LogP contribution in [0.1, 0.15) is 24.0 Å². The fraction of sp³-hybridized carbons (Fsp3) is 0.364. The Balaban J connectivity index is 1.28. The molecule has 5 heteroatoms. The summed E-state index contributed by atoms with van der Waals surface area (Å²) in [5.41, 5.74) is 3.55. The number of benzene rings is 1. The van der Waals surface area contributed by atoms with Crippen LogP contribution in [0.5, 0.6) is 0 Å². The number of aliphatic hydroxyl groups is 1. The van der Waals surface area contributed by atoms with Crippen molar-refractivity contribution in [2.24, 2.45) is 5.92 Å². The Bertz CT molecular complexity index is 906. The molecule has 27 heavy (non-hydrogen) atoms. The van der Waals surface area contributed by atoms with Gasteiger partial charge in [0.15, 0.2) is 0 Å². The van der Waals surface area contributed by atoms with E-state index in [0.717, 1.165) is 30.3 Å². The molecule has 2 atom stereocenters. The normalized spacial score (nSPS) is 19.7. The fourth-order valence-corrected chi connectivity index (χ4v) is 4.01. The molecule has 1 fully saturated rings. The zero-order chi connectivity index (χ0) is 18.6. The number of para-hydroxylation sites is 1. The van der Waals surface area contributed by atoms with Crippen LogP contribution in [0.4, 0.5) is 0 Å². The SMILES string of the molecule is O=C(CCCc1c[nH]c2ccccc12)N1C[C@@H](Cc2ccncc2)[C@H](O)C1. The van der Waals surface area contributed by atoms with Crippen molar-refractivity contribution in [3.8, 4) is 0 Å². The number of nitrogens with one attached hydrogen (secondary N) is 1. The molecule has 1 saturated heterocycles. The molecule has 2 aromatic heterocycles. The van der Waals surface area contributed by atoms with Crippen LogP contribution in [0.3, 0.4) is 0 Å². The summed E-state index contributed by atoms with van der Waals surface area (Å²) in [6.45, 7) is 1.08. The highest BCUT2D eigenvalue weighted by molar-refractivity contribution is 5.83. The Morgan fingerprint density at radius 1 is 1.19 bits per heavy atom. The van der Waals surface area contributed by atoms with Crippen LogP contribution in [-0.4, -0.2) is 45.1 Å². The van der Waals surface area contributed by atoms with Crippen LogP contribution >= 0.6 is 0 Å². The Morgan fingerprint density at radius 3 is 2.85 bits per heavy atom. The van der Waals surface area contributed by atoms with Gasteiger partial charge < -0.3 is 15.0 Å². The van der Waals surface area contributed by atoms with Crippen LogP contribution in [0.15, 0.2) is 55.0 Å². The van der Waals surface area contributed by atoms with E-state index in [4.69, 9.17) is 0 Å². The molecule has 0 radical (unpaired) electrons. The molecule has 1 amide bonds. The van der Waals surface area contributed by atoms with Gasteiger partial charge in [0.2, 0.25) is 5.91 Å². The third-order valence-electron chi connectivity index (χ3n) is 5.52. The average Bonchev–Trinajstić information content (AvgIpc) is 3.27. The number of rotatable bonds is 6. The van der Waals surface area contributed by atoms with Gasteiger partial charge in [0.05, 0.1) is 6.10 Å². The highest BCUT2D eigenvalue weighted by atomic mass is 16.3. The minimum absolute atomic E-state index is 0.102. The van der Waals surface area contributed by atoms with Gasteiger partial charge >= 0.3 is 0 Å². The molecule has 1 aliphatic heterocycles. The summed E-state index contributed by atoms with van der Waals surface area (Å²) in [7, 11) is 0. The first kappa shape index (κ1) is 17.7. The monoisotopic (exact) mass is 363 g/mol. The number of aromatic amines is 1. The summed E-state index contributed by atoms with van der Waals surface area (Å²) in [6.07, 6.45) is 8.13. The van der Waals surface area contributed by atoms with Crippen molar-refractivity contribution in [1.29, 1.82) is 0 Å². The summed E-state index contributed by atoms with van der Waals surface area (Å²) < 4.78 is 0. The first-order valence-electron chi connectivity index (χ1n) is 9.60. The molecular formula is C22H25N3O2. The zero-order valence-corrected chi connectivity index (χ0v) is 15.3. The molecule has 0 unspecified atom stereocenters. The molecule has 1 aromatic carbocycles. The highest BCUT2D eigenvalue weighted by Crippen LogP contribution is 2.23. The number of pyridine rings is 1. The number of aliphatic hydroxyl groups excluding tert-OH is 1. The van der Waals surface area contributed by atoms with E-state index in [2.05, 4.69) is 22.1 Å². The molecule has 4 rings (SSSR count). The second kappa shape index (κ2) is 7.92. The Labute approximate surface area is 159 Å². The van der Waals surface area contributed by atoms with E-state index in [1.807, 2.05) is 35.4 Å². The summed E-state index contributed by atoms with van der Waals surface area (Å²) in [4.78, 5) is 21.7. The molecule has 0 bridgehead atoms. The third kappa shape index (κ3) is 4.03. The summed E-state index contributed by atoms with van der Waals surface area (Å²) in [5.74, 6) is 0.246. The van der Waals surface area contributed by atoms with Crippen molar-refractivity contribution in [1.82, 2.24) is 14.9 Å². The number of carbonyl (C=O) groups is 1. The lowest BCUT2D eigenvalue weighted by Crippen LogP contribution is -2.29. The number of fused-ring (bicyclic) bond motifs is 1. The molecule has 3 heterocycles. The number of nitrogens with zero attached hydrogens (tertiary/aromatic N) is 2. The first-order valence-corrected chi connectivity index (χ1v) is 9.60. The Morgan fingerprint density at radius 2 is 2.00 bits per heavy atom. The number of aryl methyl sites for hydroxylation is 1. The minimum Gasteiger partial charge on any atom is -0.391 e. The van der Waals surface area contributed by atoms with Crippen molar-refractivity contribution in [2.45, 2.75) is 31.8 Å². The van der Waals surface area contributed by atoms with Gasteiger partial charge in [-0.25, -0.2) is 0 Å². The van der Waals surface area contributed by atoms with Gasteiger partial charge in [-0.1, -0.05) is 18.2 Å². The number of hydrogen-bond donors (Lipinski definition) is 2. The van der Waals surface area contributed by atoms with Crippen molar-refractivity contribution < 1.29 is 9.90 Å². The number of amides is 1. The molecule has 0 saturated carbocycles. The molecule has 0 spiro atoms. The van der Waals surface area contributed by atoms with Gasteiger partial charge in [-0.05, 0) is 48.6 Å². The lowest BCUT2D eigenvalue weighted by atomic mass is 9.97. The number of β-amino-alcohol motifs (C(OH)–C–C–N with tert-alkyl or cyclic N) is 1. The Kier molecular flexibility index (Phi) is 5.21.